The number of rotatable bonds is 2. The zero-order valence-electron chi connectivity index (χ0n) is 11.2. The molecule has 2 saturated heterocycles. The van der Waals surface area contributed by atoms with Crippen LogP contribution in [0.25, 0.3) is 0 Å². The van der Waals surface area contributed by atoms with E-state index in [1.807, 2.05) is 0 Å². The maximum absolute atomic E-state index is 12.5. The van der Waals surface area contributed by atoms with Gasteiger partial charge in [-0.2, -0.15) is 13.2 Å². The van der Waals surface area contributed by atoms with Gasteiger partial charge < -0.3 is 10.2 Å². The van der Waals surface area contributed by atoms with Crippen molar-refractivity contribution in [1.82, 2.24) is 10.2 Å². The summed E-state index contributed by atoms with van der Waals surface area (Å²) in [5.41, 5.74) is 0.296. The molecule has 0 atom stereocenters. The summed E-state index contributed by atoms with van der Waals surface area (Å²) in [6.07, 6.45) is -4.25. The molecule has 3 rings (SSSR count). The highest BCUT2D eigenvalue weighted by Gasteiger charge is 2.33. The lowest BCUT2D eigenvalue weighted by Crippen LogP contribution is -2.62. The molecule has 20 heavy (non-hydrogen) atoms. The molecule has 110 valence electrons. The van der Waals surface area contributed by atoms with Gasteiger partial charge in [-0.1, -0.05) is 0 Å². The van der Waals surface area contributed by atoms with E-state index in [4.69, 9.17) is 0 Å². The van der Waals surface area contributed by atoms with E-state index in [9.17, 15) is 13.2 Å². The van der Waals surface area contributed by atoms with Crippen molar-refractivity contribution in [3.05, 3.63) is 29.8 Å². The fourth-order valence-corrected chi connectivity index (χ4v) is 2.81. The van der Waals surface area contributed by atoms with Crippen molar-refractivity contribution in [1.29, 1.82) is 0 Å². The van der Waals surface area contributed by atoms with E-state index in [-0.39, 0.29) is 0 Å². The highest BCUT2D eigenvalue weighted by molar-refractivity contribution is 5.50. The van der Waals surface area contributed by atoms with Gasteiger partial charge in [0, 0.05) is 51.0 Å². The average Bonchev–Trinajstić information content (AvgIpc) is 2.38. The number of nitrogens with one attached hydrogen (secondary N) is 1. The van der Waals surface area contributed by atoms with E-state index in [0.29, 0.717) is 6.04 Å². The summed E-state index contributed by atoms with van der Waals surface area (Å²) in [6.45, 7) is 5.99. The molecule has 1 aromatic carbocycles. The van der Waals surface area contributed by atoms with Gasteiger partial charge in [-0.3, -0.25) is 4.90 Å². The number of halogens is 3. The maximum atomic E-state index is 12.5. The third-order valence-electron chi connectivity index (χ3n) is 4.09. The van der Waals surface area contributed by atoms with Crippen LogP contribution in [0, 0.1) is 0 Å². The monoisotopic (exact) mass is 285 g/mol. The van der Waals surface area contributed by atoms with Crippen LogP contribution in [-0.4, -0.2) is 50.2 Å². The molecule has 2 aliphatic heterocycles. The lowest BCUT2D eigenvalue weighted by Gasteiger charge is -2.48. The lowest BCUT2D eigenvalue weighted by molar-refractivity contribution is -0.137. The second-order valence-corrected chi connectivity index (χ2v) is 5.39. The normalized spacial score (nSPS) is 21.9. The molecule has 1 aromatic rings. The molecule has 0 aliphatic carbocycles. The Hall–Kier alpha value is -1.27. The molecule has 2 heterocycles. The number of hydrogen-bond donors (Lipinski definition) is 1. The van der Waals surface area contributed by atoms with Crippen molar-refractivity contribution in [2.24, 2.45) is 0 Å². The van der Waals surface area contributed by atoms with Crippen LogP contribution in [0.3, 0.4) is 0 Å². The van der Waals surface area contributed by atoms with E-state index in [1.54, 1.807) is 12.1 Å². The molecule has 3 nitrogen and oxygen atoms in total. The molecule has 1 N–H and O–H groups in total. The summed E-state index contributed by atoms with van der Waals surface area (Å²) in [6, 6.07) is 5.99. The van der Waals surface area contributed by atoms with Gasteiger partial charge in [-0.15, -0.1) is 0 Å². The summed E-state index contributed by atoms with van der Waals surface area (Å²) in [4.78, 5) is 4.59. The second-order valence-electron chi connectivity index (χ2n) is 5.39. The van der Waals surface area contributed by atoms with Crippen LogP contribution < -0.4 is 10.2 Å². The summed E-state index contributed by atoms with van der Waals surface area (Å²) < 4.78 is 37.5. The summed E-state index contributed by atoms with van der Waals surface area (Å²) in [5, 5.41) is 3.32. The minimum Gasteiger partial charge on any atom is -0.368 e. The highest BCUT2D eigenvalue weighted by Crippen LogP contribution is 2.31. The Morgan fingerprint density at radius 2 is 1.60 bits per heavy atom. The van der Waals surface area contributed by atoms with Crippen LogP contribution in [0.5, 0.6) is 0 Å². The number of alkyl halides is 3. The Bertz CT molecular complexity index is 446. The van der Waals surface area contributed by atoms with Crippen molar-refractivity contribution in [3.8, 4) is 0 Å². The Kier molecular flexibility index (Phi) is 3.60. The minimum atomic E-state index is -4.25. The van der Waals surface area contributed by atoms with Crippen molar-refractivity contribution in [2.45, 2.75) is 12.2 Å². The Morgan fingerprint density at radius 3 is 2.15 bits per heavy atom. The van der Waals surface area contributed by atoms with E-state index in [1.165, 1.54) is 0 Å². The molecule has 0 saturated carbocycles. The number of benzene rings is 1. The maximum Gasteiger partial charge on any atom is 0.416 e. The van der Waals surface area contributed by atoms with Crippen molar-refractivity contribution >= 4 is 5.69 Å². The van der Waals surface area contributed by atoms with Crippen LogP contribution in [0.2, 0.25) is 0 Å². The van der Waals surface area contributed by atoms with E-state index in [2.05, 4.69) is 15.1 Å². The van der Waals surface area contributed by atoms with Crippen LogP contribution in [0.1, 0.15) is 5.56 Å². The van der Waals surface area contributed by atoms with Gasteiger partial charge in [-0.25, -0.2) is 0 Å². The van der Waals surface area contributed by atoms with Crippen molar-refractivity contribution in [3.63, 3.8) is 0 Å². The second kappa shape index (κ2) is 5.26. The highest BCUT2D eigenvalue weighted by atomic mass is 19.4. The van der Waals surface area contributed by atoms with Gasteiger partial charge in [0.25, 0.3) is 0 Å². The van der Waals surface area contributed by atoms with E-state index < -0.39 is 11.7 Å². The number of hydrogen-bond acceptors (Lipinski definition) is 3. The quantitative estimate of drug-likeness (QED) is 0.894. The number of nitrogens with zero attached hydrogens (tertiary/aromatic N) is 2. The summed E-state index contributed by atoms with van der Waals surface area (Å²) in [7, 11) is 0. The fourth-order valence-electron chi connectivity index (χ4n) is 2.81. The average molecular weight is 285 g/mol. The minimum absolute atomic E-state index is 0.541. The molecule has 0 amide bonds. The lowest BCUT2D eigenvalue weighted by atomic mass is 10.0. The van der Waals surface area contributed by atoms with Gasteiger partial charge in [0.2, 0.25) is 0 Å². The molecule has 0 radical (unpaired) electrons. The van der Waals surface area contributed by atoms with Crippen molar-refractivity contribution in [2.75, 3.05) is 44.2 Å². The summed E-state index contributed by atoms with van der Waals surface area (Å²) >= 11 is 0. The third kappa shape index (κ3) is 2.76. The number of piperazine rings is 1. The first-order chi connectivity index (χ1) is 9.54. The molecule has 0 bridgehead atoms. The van der Waals surface area contributed by atoms with Gasteiger partial charge in [0.15, 0.2) is 0 Å². The molecular formula is C14H18F3N3. The largest absolute Gasteiger partial charge is 0.416 e. The third-order valence-corrected chi connectivity index (χ3v) is 4.09. The zero-order valence-corrected chi connectivity index (χ0v) is 11.2. The van der Waals surface area contributed by atoms with Crippen LogP contribution in [0.15, 0.2) is 24.3 Å². The Morgan fingerprint density at radius 1 is 1.00 bits per heavy atom. The first-order valence-electron chi connectivity index (χ1n) is 6.91. The first kappa shape index (κ1) is 13.7. The first-order valence-corrected chi connectivity index (χ1v) is 6.91. The zero-order chi connectivity index (χ0) is 14.2. The van der Waals surface area contributed by atoms with Gasteiger partial charge in [-0.05, 0) is 24.3 Å². The Labute approximate surface area is 116 Å². The van der Waals surface area contributed by atoms with Gasteiger partial charge in [0.1, 0.15) is 0 Å². The van der Waals surface area contributed by atoms with Crippen LogP contribution >= 0.6 is 0 Å². The summed E-state index contributed by atoms with van der Waals surface area (Å²) in [5.74, 6) is 0. The number of anilines is 1. The van der Waals surface area contributed by atoms with Gasteiger partial charge >= 0.3 is 6.18 Å². The van der Waals surface area contributed by atoms with Crippen LogP contribution in [-0.2, 0) is 6.18 Å². The molecular weight excluding hydrogens is 267 g/mol. The van der Waals surface area contributed by atoms with E-state index >= 15 is 0 Å². The van der Waals surface area contributed by atoms with Crippen LogP contribution in [0.4, 0.5) is 18.9 Å². The predicted octanol–water partition coefficient (Wildman–Crippen LogP) is 1.80. The topological polar surface area (TPSA) is 18.5 Å². The molecule has 6 heteroatoms. The molecule has 2 fully saturated rings. The molecule has 0 aromatic heterocycles. The molecule has 2 aliphatic rings. The smallest absolute Gasteiger partial charge is 0.368 e. The van der Waals surface area contributed by atoms with Crippen molar-refractivity contribution < 1.29 is 13.2 Å². The fraction of sp³-hybridized carbons (Fsp3) is 0.571. The van der Waals surface area contributed by atoms with E-state index in [0.717, 1.165) is 57.1 Å². The molecule has 0 spiro atoms. The Balaban J connectivity index is 1.57. The standard InChI is InChI=1S/C14H18F3N3/c15-14(16,17)11-1-3-12(4-2-11)20-9-13(10-20)19-7-5-18-6-8-19/h1-4,13,18H,5-10H2. The molecule has 0 unspecified atom stereocenters. The SMILES string of the molecule is FC(F)(F)c1ccc(N2CC(N3CCNCC3)C2)cc1. The van der Waals surface area contributed by atoms with Gasteiger partial charge in [0.05, 0.1) is 5.56 Å². The predicted molar refractivity (Wildman–Crippen MR) is 71.9 cm³/mol.